The van der Waals surface area contributed by atoms with Crippen LogP contribution in [0.5, 0.6) is 0 Å². The van der Waals surface area contributed by atoms with Crippen LogP contribution >= 0.6 is 0 Å². The summed E-state index contributed by atoms with van der Waals surface area (Å²) in [5.74, 6) is 0.879. The molecule has 1 saturated carbocycles. The quantitative estimate of drug-likeness (QED) is 0.909. The minimum absolute atomic E-state index is 0.690. The van der Waals surface area contributed by atoms with Gasteiger partial charge in [0.15, 0.2) is 0 Å². The number of hydrogen-bond acceptors (Lipinski definition) is 2. The van der Waals surface area contributed by atoms with Crippen molar-refractivity contribution in [2.24, 2.45) is 5.92 Å². The lowest BCUT2D eigenvalue weighted by Gasteiger charge is -2.10. The molecular weight excluding hydrogens is 234 g/mol. The standard InChI is InChI=1S/C16H21N3/c1-13-7-8-15(9-13)17-10-14-11-18-19(12-14)16-5-3-2-4-6-16/h2-6,11-13,15,17H,7-10H2,1H3. The van der Waals surface area contributed by atoms with E-state index in [2.05, 4.69) is 35.7 Å². The van der Waals surface area contributed by atoms with Gasteiger partial charge in [0.1, 0.15) is 0 Å². The van der Waals surface area contributed by atoms with Crippen LogP contribution in [0.4, 0.5) is 0 Å². The second kappa shape index (κ2) is 5.57. The molecule has 0 bridgehead atoms. The lowest BCUT2D eigenvalue weighted by molar-refractivity contribution is 0.502. The molecule has 19 heavy (non-hydrogen) atoms. The van der Waals surface area contributed by atoms with E-state index in [4.69, 9.17) is 0 Å². The highest BCUT2D eigenvalue weighted by Gasteiger charge is 2.20. The van der Waals surface area contributed by atoms with Crippen LogP contribution in [0.2, 0.25) is 0 Å². The number of rotatable bonds is 4. The average molecular weight is 255 g/mol. The predicted molar refractivity (Wildman–Crippen MR) is 77.2 cm³/mol. The fraction of sp³-hybridized carbons (Fsp3) is 0.438. The van der Waals surface area contributed by atoms with Crippen LogP contribution in [0.25, 0.3) is 5.69 Å². The summed E-state index contributed by atoms with van der Waals surface area (Å²) in [5.41, 5.74) is 2.37. The molecule has 1 fully saturated rings. The SMILES string of the molecule is CC1CCC(NCc2cnn(-c3ccccc3)c2)C1. The van der Waals surface area contributed by atoms with Crippen molar-refractivity contribution in [3.63, 3.8) is 0 Å². The molecule has 0 aliphatic heterocycles. The van der Waals surface area contributed by atoms with Gasteiger partial charge < -0.3 is 5.32 Å². The summed E-state index contributed by atoms with van der Waals surface area (Å²) in [4.78, 5) is 0. The van der Waals surface area contributed by atoms with E-state index in [-0.39, 0.29) is 0 Å². The first-order valence-electron chi connectivity index (χ1n) is 7.13. The van der Waals surface area contributed by atoms with Crippen LogP contribution in [-0.4, -0.2) is 15.8 Å². The van der Waals surface area contributed by atoms with E-state index < -0.39 is 0 Å². The molecule has 0 saturated heterocycles. The average Bonchev–Trinajstić information content (AvgIpc) is 3.06. The van der Waals surface area contributed by atoms with E-state index in [0.29, 0.717) is 6.04 Å². The van der Waals surface area contributed by atoms with Crippen LogP contribution in [0.1, 0.15) is 31.7 Å². The largest absolute Gasteiger partial charge is 0.310 e. The second-order valence-electron chi connectivity index (χ2n) is 5.62. The van der Waals surface area contributed by atoms with Gasteiger partial charge >= 0.3 is 0 Å². The summed E-state index contributed by atoms with van der Waals surface area (Å²) in [6.45, 7) is 3.26. The minimum atomic E-state index is 0.690. The molecule has 3 rings (SSSR count). The number of nitrogens with zero attached hydrogens (tertiary/aromatic N) is 2. The maximum absolute atomic E-state index is 4.42. The molecule has 0 spiro atoms. The molecule has 3 heteroatoms. The van der Waals surface area contributed by atoms with E-state index in [0.717, 1.165) is 18.2 Å². The zero-order chi connectivity index (χ0) is 13.1. The van der Waals surface area contributed by atoms with Gasteiger partial charge in [0.2, 0.25) is 0 Å². The second-order valence-corrected chi connectivity index (χ2v) is 5.62. The number of benzene rings is 1. The minimum Gasteiger partial charge on any atom is -0.310 e. The van der Waals surface area contributed by atoms with Gasteiger partial charge in [-0.15, -0.1) is 0 Å². The highest BCUT2D eigenvalue weighted by atomic mass is 15.3. The monoisotopic (exact) mass is 255 g/mol. The van der Waals surface area contributed by atoms with E-state index in [1.165, 1.54) is 24.8 Å². The fourth-order valence-corrected chi connectivity index (χ4v) is 2.83. The van der Waals surface area contributed by atoms with Gasteiger partial charge in [0, 0.05) is 24.3 Å². The van der Waals surface area contributed by atoms with Gasteiger partial charge in [-0.25, -0.2) is 4.68 Å². The Bertz CT molecular complexity index is 518. The van der Waals surface area contributed by atoms with Crippen molar-refractivity contribution in [3.8, 4) is 5.69 Å². The van der Waals surface area contributed by atoms with Gasteiger partial charge in [-0.2, -0.15) is 5.10 Å². The van der Waals surface area contributed by atoms with E-state index in [1.807, 2.05) is 29.1 Å². The van der Waals surface area contributed by atoms with E-state index in [1.54, 1.807) is 0 Å². The van der Waals surface area contributed by atoms with Crippen LogP contribution in [0.3, 0.4) is 0 Å². The third kappa shape index (κ3) is 3.04. The van der Waals surface area contributed by atoms with Gasteiger partial charge in [-0.3, -0.25) is 0 Å². The van der Waals surface area contributed by atoms with Crippen molar-refractivity contribution in [1.29, 1.82) is 0 Å². The highest BCUT2D eigenvalue weighted by molar-refractivity contribution is 5.30. The smallest absolute Gasteiger partial charge is 0.0645 e. The molecule has 0 amide bonds. The Morgan fingerprint density at radius 1 is 1.26 bits per heavy atom. The first-order valence-corrected chi connectivity index (χ1v) is 7.13. The van der Waals surface area contributed by atoms with Gasteiger partial charge in [-0.1, -0.05) is 25.1 Å². The maximum Gasteiger partial charge on any atom is 0.0645 e. The van der Waals surface area contributed by atoms with Crippen molar-refractivity contribution < 1.29 is 0 Å². The Hall–Kier alpha value is -1.61. The Kier molecular flexibility index (Phi) is 3.65. The van der Waals surface area contributed by atoms with Crippen molar-refractivity contribution >= 4 is 0 Å². The lowest BCUT2D eigenvalue weighted by atomic mass is 10.1. The third-order valence-electron chi connectivity index (χ3n) is 3.95. The van der Waals surface area contributed by atoms with Crippen LogP contribution in [0, 0.1) is 5.92 Å². The van der Waals surface area contributed by atoms with E-state index in [9.17, 15) is 0 Å². The first kappa shape index (κ1) is 12.4. The molecular formula is C16H21N3. The van der Waals surface area contributed by atoms with Crippen molar-refractivity contribution in [3.05, 3.63) is 48.3 Å². The topological polar surface area (TPSA) is 29.9 Å². The zero-order valence-corrected chi connectivity index (χ0v) is 11.4. The number of nitrogens with one attached hydrogen (secondary N) is 1. The highest BCUT2D eigenvalue weighted by Crippen LogP contribution is 2.24. The van der Waals surface area contributed by atoms with Gasteiger partial charge in [-0.05, 0) is 37.3 Å². The van der Waals surface area contributed by atoms with Crippen molar-refractivity contribution in [2.45, 2.75) is 38.8 Å². The summed E-state index contributed by atoms with van der Waals surface area (Å²) in [7, 11) is 0. The van der Waals surface area contributed by atoms with Gasteiger partial charge in [0.25, 0.3) is 0 Å². The summed E-state index contributed by atoms with van der Waals surface area (Å²) < 4.78 is 1.94. The molecule has 2 aromatic rings. The van der Waals surface area contributed by atoms with Crippen molar-refractivity contribution in [2.75, 3.05) is 0 Å². The normalized spacial score (nSPS) is 22.8. The molecule has 3 nitrogen and oxygen atoms in total. The Morgan fingerprint density at radius 3 is 2.84 bits per heavy atom. The number of aromatic nitrogens is 2. The van der Waals surface area contributed by atoms with Gasteiger partial charge in [0.05, 0.1) is 11.9 Å². The Labute approximate surface area is 114 Å². The molecule has 1 heterocycles. The summed E-state index contributed by atoms with van der Waals surface area (Å²) in [6, 6.07) is 10.9. The maximum atomic E-state index is 4.42. The summed E-state index contributed by atoms with van der Waals surface area (Å²) in [5, 5.41) is 8.06. The molecule has 2 atom stereocenters. The Morgan fingerprint density at radius 2 is 2.11 bits per heavy atom. The van der Waals surface area contributed by atoms with Crippen molar-refractivity contribution in [1.82, 2.24) is 15.1 Å². The molecule has 1 N–H and O–H groups in total. The fourth-order valence-electron chi connectivity index (χ4n) is 2.83. The van der Waals surface area contributed by atoms with Crippen LogP contribution in [-0.2, 0) is 6.54 Å². The molecule has 100 valence electrons. The first-order chi connectivity index (χ1) is 9.31. The predicted octanol–water partition coefficient (Wildman–Crippen LogP) is 3.15. The molecule has 0 radical (unpaired) electrons. The number of para-hydroxylation sites is 1. The zero-order valence-electron chi connectivity index (χ0n) is 11.4. The van der Waals surface area contributed by atoms with E-state index >= 15 is 0 Å². The van der Waals surface area contributed by atoms with Crippen LogP contribution in [0.15, 0.2) is 42.7 Å². The molecule has 1 aliphatic carbocycles. The lowest BCUT2D eigenvalue weighted by Crippen LogP contribution is -2.25. The Balaban J connectivity index is 1.59. The summed E-state index contributed by atoms with van der Waals surface area (Å²) >= 11 is 0. The molecule has 1 aliphatic rings. The third-order valence-corrected chi connectivity index (χ3v) is 3.95. The number of hydrogen-bond donors (Lipinski definition) is 1. The molecule has 1 aromatic heterocycles. The summed E-state index contributed by atoms with van der Waals surface area (Å²) in [6.07, 6.45) is 8.06. The molecule has 1 aromatic carbocycles. The molecule has 2 unspecified atom stereocenters. The van der Waals surface area contributed by atoms with Crippen LogP contribution < -0.4 is 5.32 Å².